The number of fused-ring (bicyclic) bond motifs is 2. The summed E-state index contributed by atoms with van der Waals surface area (Å²) < 4.78 is 10.8. The number of hydrogen-bond donors (Lipinski definition) is 1. The first-order chi connectivity index (χ1) is 21.0. The fraction of sp³-hybridized carbons (Fsp3) is 0.469. The Hall–Kier alpha value is -3.28. The monoisotopic (exact) mass is 606 g/mol. The molecule has 2 aromatic carbocycles. The van der Waals surface area contributed by atoms with Crippen molar-refractivity contribution in [3.8, 4) is 5.75 Å². The smallest absolute Gasteiger partial charge is 0.255 e. The van der Waals surface area contributed by atoms with Crippen molar-refractivity contribution in [3.63, 3.8) is 0 Å². The van der Waals surface area contributed by atoms with E-state index in [2.05, 4.69) is 20.0 Å². The molecule has 3 aliphatic rings. The molecule has 11 heteroatoms. The van der Waals surface area contributed by atoms with Gasteiger partial charge in [0.2, 0.25) is 5.91 Å². The first kappa shape index (κ1) is 29.8. The number of morpholine rings is 1. The second-order valence-electron chi connectivity index (χ2n) is 11.4. The van der Waals surface area contributed by atoms with Gasteiger partial charge < -0.3 is 19.7 Å². The number of ether oxygens (including phenoxy) is 2. The number of hydrogen-bond acceptors (Lipinski definition) is 8. The van der Waals surface area contributed by atoms with Crippen molar-refractivity contribution >= 4 is 40.0 Å². The average molecular weight is 607 g/mol. The number of halogens is 1. The van der Waals surface area contributed by atoms with Crippen molar-refractivity contribution in [1.82, 2.24) is 24.6 Å². The van der Waals surface area contributed by atoms with Crippen LogP contribution < -0.4 is 10.1 Å². The van der Waals surface area contributed by atoms with Crippen LogP contribution in [0, 0.1) is 0 Å². The number of carbonyl (C=O) groups is 2. The number of rotatable bonds is 8. The van der Waals surface area contributed by atoms with Crippen LogP contribution >= 0.6 is 11.6 Å². The highest BCUT2D eigenvalue weighted by molar-refractivity contribution is 6.31. The van der Waals surface area contributed by atoms with Gasteiger partial charge in [0.05, 0.1) is 43.6 Å². The number of aromatic nitrogens is 1. The van der Waals surface area contributed by atoms with E-state index >= 15 is 0 Å². The van der Waals surface area contributed by atoms with E-state index in [0.717, 1.165) is 80.2 Å². The molecule has 228 valence electrons. The van der Waals surface area contributed by atoms with Gasteiger partial charge in [-0.2, -0.15) is 0 Å². The third-order valence-electron chi connectivity index (χ3n) is 8.64. The van der Waals surface area contributed by atoms with Crippen LogP contribution in [0.1, 0.15) is 21.6 Å². The molecule has 3 aliphatic heterocycles. The fourth-order valence-electron chi connectivity index (χ4n) is 6.24. The fourth-order valence-corrected chi connectivity index (χ4v) is 6.41. The third-order valence-corrected chi connectivity index (χ3v) is 8.87. The van der Waals surface area contributed by atoms with Gasteiger partial charge in [0, 0.05) is 93.5 Å². The van der Waals surface area contributed by atoms with E-state index in [1.165, 1.54) is 0 Å². The standard InChI is InChI=1S/C32H39ClN6O4/c1-42-29-7-6-23(33)20-28(29)35-30(40)22-38-9-8-27-25(21-38)31(24-4-2-3-5-26(24)34-27)32(41)39-14-12-36(13-15-39)10-11-37-16-18-43-19-17-37/h2-7,20H,8-19,21-22H2,1H3,(H,35,40). The SMILES string of the molecule is COc1ccc(Cl)cc1NC(=O)CN1CCc2nc3ccccc3c(C(=O)N3CCN(CCN4CCOCC4)CC3)c2C1. The zero-order chi connectivity index (χ0) is 29.8. The quantitative estimate of drug-likeness (QED) is 0.419. The highest BCUT2D eigenvalue weighted by atomic mass is 35.5. The maximum Gasteiger partial charge on any atom is 0.255 e. The number of methoxy groups -OCH3 is 1. The summed E-state index contributed by atoms with van der Waals surface area (Å²) in [4.78, 5) is 41.2. The van der Waals surface area contributed by atoms with E-state index < -0.39 is 0 Å². The number of nitrogens with one attached hydrogen (secondary N) is 1. The minimum atomic E-state index is -0.168. The minimum Gasteiger partial charge on any atom is -0.495 e. The lowest BCUT2D eigenvalue weighted by Crippen LogP contribution is -2.51. The van der Waals surface area contributed by atoms with Crippen molar-refractivity contribution < 1.29 is 19.1 Å². The van der Waals surface area contributed by atoms with Crippen molar-refractivity contribution in [2.75, 3.05) is 91.1 Å². The van der Waals surface area contributed by atoms with Gasteiger partial charge in [-0.1, -0.05) is 29.8 Å². The van der Waals surface area contributed by atoms with Gasteiger partial charge in [0.15, 0.2) is 0 Å². The van der Waals surface area contributed by atoms with Gasteiger partial charge in [-0.05, 0) is 24.3 Å². The molecule has 0 spiro atoms. The average Bonchev–Trinajstić information content (AvgIpc) is 3.03. The number of benzene rings is 2. The van der Waals surface area contributed by atoms with E-state index in [0.29, 0.717) is 49.1 Å². The largest absolute Gasteiger partial charge is 0.495 e. The van der Waals surface area contributed by atoms with Crippen LogP contribution in [0.4, 0.5) is 5.69 Å². The second kappa shape index (κ2) is 13.6. The Balaban J connectivity index is 1.15. The molecule has 10 nitrogen and oxygen atoms in total. The van der Waals surface area contributed by atoms with Crippen LogP contribution in [0.5, 0.6) is 5.75 Å². The summed E-state index contributed by atoms with van der Waals surface area (Å²) >= 11 is 6.15. The van der Waals surface area contributed by atoms with Crippen LogP contribution in [0.15, 0.2) is 42.5 Å². The molecular formula is C32H39ClN6O4. The number of amides is 2. The molecule has 0 aliphatic carbocycles. The molecule has 43 heavy (non-hydrogen) atoms. The predicted octanol–water partition coefficient (Wildman–Crippen LogP) is 2.98. The first-order valence-electron chi connectivity index (χ1n) is 15.1. The molecule has 2 saturated heterocycles. The number of carbonyl (C=O) groups excluding carboxylic acids is 2. The Morgan fingerprint density at radius 2 is 1.70 bits per heavy atom. The number of anilines is 1. The van der Waals surface area contributed by atoms with E-state index in [-0.39, 0.29) is 18.4 Å². The lowest BCUT2D eigenvalue weighted by Gasteiger charge is -2.37. The Kier molecular flexibility index (Phi) is 9.40. The Bertz CT molecular complexity index is 1470. The minimum absolute atomic E-state index is 0.0534. The topological polar surface area (TPSA) is 90.5 Å². The molecule has 2 fully saturated rings. The summed E-state index contributed by atoms with van der Waals surface area (Å²) in [5.74, 6) is 0.433. The molecule has 3 aromatic rings. The number of pyridine rings is 1. The molecular weight excluding hydrogens is 568 g/mol. The molecule has 0 radical (unpaired) electrons. The Morgan fingerprint density at radius 1 is 0.953 bits per heavy atom. The van der Waals surface area contributed by atoms with Gasteiger partial charge in [0.1, 0.15) is 5.75 Å². The summed E-state index contributed by atoms with van der Waals surface area (Å²) in [6.07, 6.45) is 0.670. The first-order valence-corrected chi connectivity index (χ1v) is 15.4. The van der Waals surface area contributed by atoms with Gasteiger partial charge in [-0.3, -0.25) is 29.3 Å². The molecule has 1 N–H and O–H groups in total. The van der Waals surface area contributed by atoms with Crippen molar-refractivity contribution in [1.29, 1.82) is 0 Å². The van der Waals surface area contributed by atoms with Gasteiger partial charge >= 0.3 is 0 Å². The van der Waals surface area contributed by atoms with Crippen LogP contribution in [0.25, 0.3) is 10.9 Å². The summed E-state index contributed by atoms with van der Waals surface area (Å²) in [5, 5.41) is 4.32. The van der Waals surface area contributed by atoms with Crippen molar-refractivity contribution in [3.05, 3.63) is 64.3 Å². The molecule has 4 heterocycles. The number of para-hydroxylation sites is 1. The van der Waals surface area contributed by atoms with E-state index in [1.807, 2.05) is 29.2 Å². The Morgan fingerprint density at radius 3 is 2.47 bits per heavy atom. The van der Waals surface area contributed by atoms with Crippen LogP contribution in [0.3, 0.4) is 0 Å². The second-order valence-corrected chi connectivity index (χ2v) is 11.8. The Labute approximate surface area is 257 Å². The van der Waals surface area contributed by atoms with Crippen LogP contribution in [0.2, 0.25) is 5.02 Å². The molecule has 0 bridgehead atoms. The molecule has 0 saturated carbocycles. The summed E-state index contributed by atoms with van der Waals surface area (Å²) in [7, 11) is 1.56. The highest BCUT2D eigenvalue weighted by Crippen LogP contribution is 2.31. The molecule has 2 amide bonds. The molecule has 0 atom stereocenters. The maximum absolute atomic E-state index is 14.2. The van der Waals surface area contributed by atoms with Crippen molar-refractivity contribution in [2.24, 2.45) is 0 Å². The number of piperazine rings is 1. The van der Waals surface area contributed by atoms with E-state index in [4.69, 9.17) is 26.1 Å². The molecule has 6 rings (SSSR count). The normalized spacial score (nSPS) is 18.4. The number of nitrogens with zero attached hydrogens (tertiary/aromatic N) is 5. The predicted molar refractivity (Wildman–Crippen MR) is 167 cm³/mol. The zero-order valence-electron chi connectivity index (χ0n) is 24.7. The van der Waals surface area contributed by atoms with E-state index in [1.54, 1.807) is 25.3 Å². The third kappa shape index (κ3) is 6.94. The van der Waals surface area contributed by atoms with Crippen LogP contribution in [-0.2, 0) is 22.5 Å². The van der Waals surface area contributed by atoms with Gasteiger partial charge in [-0.25, -0.2) is 0 Å². The van der Waals surface area contributed by atoms with Gasteiger partial charge in [-0.15, -0.1) is 0 Å². The molecule has 1 aromatic heterocycles. The van der Waals surface area contributed by atoms with Crippen LogP contribution in [-0.4, -0.2) is 122 Å². The van der Waals surface area contributed by atoms with E-state index in [9.17, 15) is 9.59 Å². The van der Waals surface area contributed by atoms with Crippen molar-refractivity contribution in [2.45, 2.75) is 13.0 Å². The van der Waals surface area contributed by atoms with Gasteiger partial charge in [0.25, 0.3) is 5.91 Å². The maximum atomic E-state index is 14.2. The summed E-state index contributed by atoms with van der Waals surface area (Å²) in [6, 6.07) is 13.0. The molecule has 0 unspecified atom stereocenters. The summed E-state index contributed by atoms with van der Waals surface area (Å²) in [5.41, 5.74) is 3.97. The lowest BCUT2D eigenvalue weighted by atomic mass is 9.94. The zero-order valence-corrected chi connectivity index (χ0v) is 25.4. The lowest BCUT2D eigenvalue weighted by molar-refractivity contribution is -0.117. The highest BCUT2D eigenvalue weighted by Gasteiger charge is 2.30. The summed E-state index contributed by atoms with van der Waals surface area (Å²) in [6.45, 7) is 10.1.